The summed E-state index contributed by atoms with van der Waals surface area (Å²) in [6, 6.07) is 0. The van der Waals surface area contributed by atoms with Crippen LogP contribution in [0.1, 0.15) is 71.6 Å². The van der Waals surface area contributed by atoms with Crippen molar-refractivity contribution in [2.45, 2.75) is 83.3 Å². The lowest BCUT2D eigenvalue weighted by molar-refractivity contribution is -0.138. The highest BCUT2D eigenvalue weighted by molar-refractivity contribution is 5.23. The van der Waals surface area contributed by atoms with Crippen molar-refractivity contribution < 1.29 is 10.2 Å². The normalized spacial score (nSPS) is 56.7. The van der Waals surface area contributed by atoms with E-state index in [0.29, 0.717) is 11.8 Å². The molecule has 0 bridgehead atoms. The first-order valence-corrected chi connectivity index (χ1v) is 10.3. The Balaban J connectivity index is 1.67. The third-order valence-electron chi connectivity index (χ3n) is 8.96. The first kappa shape index (κ1) is 16.9. The molecular weight excluding hydrogens is 296 g/mol. The second kappa shape index (κ2) is 5.75. The van der Waals surface area contributed by atoms with Gasteiger partial charge in [0.1, 0.15) is 5.60 Å². The highest BCUT2D eigenvalue weighted by atomic mass is 16.3. The van der Waals surface area contributed by atoms with E-state index in [9.17, 15) is 10.2 Å². The monoisotopic (exact) mass is 330 g/mol. The highest BCUT2D eigenvalue weighted by Crippen LogP contribution is 2.67. The zero-order valence-electron chi connectivity index (χ0n) is 15.4. The number of terminal acetylenes is 1. The fourth-order valence-corrected chi connectivity index (χ4v) is 7.80. The van der Waals surface area contributed by atoms with Gasteiger partial charge in [0, 0.05) is 5.41 Å². The predicted octanol–water partition coefficient (Wildman–Crippen LogP) is 4.00. The molecule has 0 saturated heterocycles. The molecule has 4 aliphatic rings. The molecule has 2 heteroatoms. The number of rotatable bonds is 1. The molecule has 0 aromatic heterocycles. The van der Waals surface area contributed by atoms with Crippen LogP contribution < -0.4 is 0 Å². The fourth-order valence-electron chi connectivity index (χ4n) is 7.80. The summed E-state index contributed by atoms with van der Waals surface area (Å²) in [5.41, 5.74) is -0.986. The molecule has 4 saturated carbocycles. The van der Waals surface area contributed by atoms with E-state index in [2.05, 4.69) is 19.8 Å². The summed E-state index contributed by atoms with van der Waals surface area (Å²) in [5, 5.41) is 21.3. The molecule has 0 radical (unpaired) electrons. The molecule has 0 aromatic rings. The molecular formula is C22H34O2. The van der Waals surface area contributed by atoms with E-state index in [0.717, 1.165) is 55.8 Å². The molecule has 2 N–H and O–H groups in total. The number of fused-ring (bicyclic) bond motifs is 5. The molecule has 134 valence electrons. The summed E-state index contributed by atoms with van der Waals surface area (Å²) in [6.07, 6.45) is 15.8. The molecule has 0 aliphatic heterocycles. The van der Waals surface area contributed by atoms with Gasteiger partial charge in [-0.2, -0.15) is 0 Å². The van der Waals surface area contributed by atoms with E-state index in [-0.39, 0.29) is 11.5 Å². The minimum absolute atomic E-state index is 0.0604. The molecule has 2 unspecified atom stereocenters. The van der Waals surface area contributed by atoms with Crippen molar-refractivity contribution in [3.05, 3.63) is 0 Å². The maximum Gasteiger partial charge on any atom is 0.130 e. The second-order valence-corrected chi connectivity index (χ2v) is 9.65. The van der Waals surface area contributed by atoms with Crippen molar-refractivity contribution in [2.75, 3.05) is 0 Å². The molecule has 9 atom stereocenters. The van der Waals surface area contributed by atoms with Gasteiger partial charge in [-0.15, -0.1) is 6.42 Å². The van der Waals surface area contributed by atoms with E-state index < -0.39 is 5.60 Å². The molecule has 0 aromatic carbocycles. The lowest BCUT2D eigenvalue weighted by Crippen LogP contribution is -2.56. The topological polar surface area (TPSA) is 40.5 Å². The Hall–Kier alpha value is -0.520. The average Bonchev–Trinajstić information content (AvgIpc) is 2.85. The Morgan fingerprint density at radius 3 is 2.58 bits per heavy atom. The van der Waals surface area contributed by atoms with Gasteiger partial charge >= 0.3 is 0 Å². The van der Waals surface area contributed by atoms with Crippen LogP contribution in [0.25, 0.3) is 0 Å². The highest BCUT2D eigenvalue weighted by Gasteiger charge is 2.64. The van der Waals surface area contributed by atoms with Gasteiger partial charge in [-0.25, -0.2) is 0 Å². The SMILES string of the molecule is C#C[C@]1(O)CC[C@H]2[C@@H]3CCC4CC(O)CC[C@@H]4[C@H]3[C@@H](CC)C[C@@]21C. The second-order valence-electron chi connectivity index (χ2n) is 9.65. The third-order valence-corrected chi connectivity index (χ3v) is 8.96. The summed E-state index contributed by atoms with van der Waals surface area (Å²) in [5.74, 6) is 7.19. The summed E-state index contributed by atoms with van der Waals surface area (Å²) >= 11 is 0. The molecule has 2 nitrogen and oxygen atoms in total. The third kappa shape index (κ3) is 2.17. The quantitative estimate of drug-likeness (QED) is 0.714. The zero-order chi connectivity index (χ0) is 17.1. The van der Waals surface area contributed by atoms with Gasteiger partial charge in [-0.3, -0.25) is 0 Å². The van der Waals surface area contributed by atoms with Gasteiger partial charge in [-0.1, -0.05) is 26.2 Å². The minimum Gasteiger partial charge on any atom is -0.393 e. The van der Waals surface area contributed by atoms with Crippen LogP contribution in [-0.2, 0) is 0 Å². The van der Waals surface area contributed by atoms with E-state index >= 15 is 0 Å². The van der Waals surface area contributed by atoms with Crippen LogP contribution in [0.5, 0.6) is 0 Å². The number of hydrogen-bond donors (Lipinski definition) is 2. The van der Waals surface area contributed by atoms with E-state index in [1.165, 1.54) is 25.7 Å². The van der Waals surface area contributed by atoms with E-state index in [1.807, 2.05) is 0 Å². The van der Waals surface area contributed by atoms with Crippen LogP contribution in [0, 0.1) is 53.3 Å². The molecule has 4 aliphatic carbocycles. The molecule has 0 spiro atoms. The lowest BCUT2D eigenvalue weighted by Gasteiger charge is -2.59. The lowest BCUT2D eigenvalue weighted by atomic mass is 9.46. The smallest absolute Gasteiger partial charge is 0.130 e. The van der Waals surface area contributed by atoms with E-state index in [1.54, 1.807) is 0 Å². The minimum atomic E-state index is -0.893. The molecule has 0 amide bonds. The average molecular weight is 331 g/mol. The first-order valence-electron chi connectivity index (χ1n) is 10.3. The van der Waals surface area contributed by atoms with Crippen LogP contribution in [0.4, 0.5) is 0 Å². The summed E-state index contributed by atoms with van der Waals surface area (Å²) in [6.45, 7) is 4.62. The summed E-state index contributed by atoms with van der Waals surface area (Å²) < 4.78 is 0. The molecule has 4 fully saturated rings. The Morgan fingerprint density at radius 1 is 1.12 bits per heavy atom. The predicted molar refractivity (Wildman–Crippen MR) is 96.1 cm³/mol. The number of aliphatic hydroxyl groups excluding tert-OH is 1. The largest absolute Gasteiger partial charge is 0.393 e. The maximum absolute atomic E-state index is 11.2. The summed E-state index contributed by atoms with van der Waals surface area (Å²) in [4.78, 5) is 0. The van der Waals surface area contributed by atoms with Crippen molar-refractivity contribution in [1.82, 2.24) is 0 Å². The van der Waals surface area contributed by atoms with Crippen LogP contribution in [-0.4, -0.2) is 21.9 Å². The maximum atomic E-state index is 11.2. The van der Waals surface area contributed by atoms with Crippen molar-refractivity contribution >= 4 is 0 Å². The first-order chi connectivity index (χ1) is 11.4. The van der Waals surface area contributed by atoms with E-state index in [4.69, 9.17) is 6.42 Å². The van der Waals surface area contributed by atoms with Gasteiger partial charge in [0.15, 0.2) is 0 Å². The molecule has 24 heavy (non-hydrogen) atoms. The van der Waals surface area contributed by atoms with Gasteiger partial charge in [0.2, 0.25) is 0 Å². The van der Waals surface area contributed by atoms with Crippen molar-refractivity contribution in [2.24, 2.45) is 40.9 Å². The fraction of sp³-hybridized carbons (Fsp3) is 0.909. The van der Waals surface area contributed by atoms with Gasteiger partial charge in [-0.05, 0) is 86.9 Å². The number of aliphatic hydroxyl groups is 2. The van der Waals surface area contributed by atoms with Crippen molar-refractivity contribution in [3.8, 4) is 12.3 Å². The van der Waals surface area contributed by atoms with Gasteiger partial charge < -0.3 is 10.2 Å². The zero-order valence-corrected chi connectivity index (χ0v) is 15.4. The Kier molecular flexibility index (Phi) is 4.05. The molecule has 0 heterocycles. The van der Waals surface area contributed by atoms with Crippen LogP contribution in [0.3, 0.4) is 0 Å². The Bertz CT molecular complexity index is 537. The molecule has 4 rings (SSSR count). The summed E-state index contributed by atoms with van der Waals surface area (Å²) in [7, 11) is 0. The van der Waals surface area contributed by atoms with Crippen molar-refractivity contribution in [1.29, 1.82) is 0 Å². The van der Waals surface area contributed by atoms with Crippen molar-refractivity contribution in [3.63, 3.8) is 0 Å². The van der Waals surface area contributed by atoms with Gasteiger partial charge in [0.05, 0.1) is 6.10 Å². The standard InChI is InChI=1S/C22H34O2/c1-4-14-13-21(3)19(10-11-22(21,24)5-2)18-8-6-15-12-16(23)7-9-17(15)20(14)18/h2,14-20,23-24H,4,6-13H2,1,3H3/t14-,15?,16?,17-,18-,19-,20+,21-,22-/m0/s1. The van der Waals surface area contributed by atoms with Crippen LogP contribution in [0.15, 0.2) is 0 Å². The Morgan fingerprint density at radius 2 is 1.88 bits per heavy atom. The van der Waals surface area contributed by atoms with Crippen LogP contribution >= 0.6 is 0 Å². The van der Waals surface area contributed by atoms with Gasteiger partial charge in [0.25, 0.3) is 0 Å². The Labute approximate surface area is 147 Å². The van der Waals surface area contributed by atoms with Crippen LogP contribution in [0.2, 0.25) is 0 Å². The number of hydrogen-bond acceptors (Lipinski definition) is 2.